The first-order valence-corrected chi connectivity index (χ1v) is 8.75. The fourth-order valence-corrected chi connectivity index (χ4v) is 2.56. The number of benzene rings is 1. The first-order valence-electron chi connectivity index (χ1n) is 8.75. The maximum atomic E-state index is 12.3. The zero-order valence-electron chi connectivity index (χ0n) is 14.3. The van der Waals surface area contributed by atoms with E-state index in [2.05, 4.69) is 20.5 Å². The maximum absolute atomic E-state index is 12.3. The van der Waals surface area contributed by atoms with Gasteiger partial charge in [0.1, 0.15) is 5.69 Å². The highest BCUT2D eigenvalue weighted by Crippen LogP contribution is 2.29. The lowest BCUT2D eigenvalue weighted by Gasteiger charge is -2.06. The summed E-state index contributed by atoms with van der Waals surface area (Å²) in [6.45, 7) is 1.14. The summed E-state index contributed by atoms with van der Waals surface area (Å²) in [6, 6.07) is 15.2. The van der Waals surface area contributed by atoms with Crippen LogP contribution in [0, 0.1) is 5.92 Å². The number of rotatable bonds is 7. The van der Waals surface area contributed by atoms with Crippen LogP contribution in [0.1, 0.15) is 28.9 Å². The summed E-state index contributed by atoms with van der Waals surface area (Å²) in [4.78, 5) is 16.6. The fraction of sp³-hybridized carbons (Fsp3) is 0.250. The molecule has 0 bridgehead atoms. The van der Waals surface area contributed by atoms with Crippen LogP contribution in [-0.4, -0.2) is 27.7 Å². The molecule has 0 spiro atoms. The molecule has 1 aliphatic carbocycles. The summed E-state index contributed by atoms with van der Waals surface area (Å²) >= 11 is 0. The molecule has 1 aromatic carbocycles. The van der Waals surface area contributed by atoms with E-state index < -0.39 is 0 Å². The van der Waals surface area contributed by atoms with Crippen LogP contribution in [0.2, 0.25) is 0 Å². The van der Waals surface area contributed by atoms with Crippen molar-refractivity contribution in [1.82, 2.24) is 20.5 Å². The second kappa shape index (κ2) is 7.39. The number of carbonyl (C=O) groups excluding carboxylic acids is 1. The second-order valence-electron chi connectivity index (χ2n) is 6.47. The minimum absolute atomic E-state index is 0.200. The van der Waals surface area contributed by atoms with Crippen LogP contribution in [0.5, 0.6) is 5.88 Å². The molecule has 1 amide bonds. The highest BCUT2D eigenvalue weighted by Gasteiger charge is 2.22. The minimum Gasteiger partial charge on any atom is -0.477 e. The van der Waals surface area contributed by atoms with Gasteiger partial charge in [-0.2, -0.15) is 5.10 Å². The van der Waals surface area contributed by atoms with Crippen molar-refractivity contribution in [2.45, 2.75) is 19.4 Å². The van der Waals surface area contributed by atoms with Gasteiger partial charge in [-0.05, 0) is 30.4 Å². The first-order chi connectivity index (χ1) is 12.8. The smallest absolute Gasteiger partial charge is 0.269 e. The summed E-state index contributed by atoms with van der Waals surface area (Å²) < 4.78 is 5.61. The molecule has 6 heteroatoms. The van der Waals surface area contributed by atoms with E-state index in [4.69, 9.17) is 4.74 Å². The molecule has 132 valence electrons. The van der Waals surface area contributed by atoms with Crippen LogP contribution in [0.3, 0.4) is 0 Å². The zero-order valence-corrected chi connectivity index (χ0v) is 14.3. The van der Waals surface area contributed by atoms with E-state index in [1.165, 1.54) is 12.8 Å². The molecule has 26 heavy (non-hydrogen) atoms. The van der Waals surface area contributed by atoms with E-state index in [1.807, 2.05) is 42.5 Å². The molecule has 3 aromatic rings. The Morgan fingerprint density at radius 2 is 2.04 bits per heavy atom. The number of hydrogen-bond donors (Lipinski definition) is 2. The molecule has 2 heterocycles. The van der Waals surface area contributed by atoms with E-state index in [0.29, 0.717) is 24.0 Å². The third-order valence-electron chi connectivity index (χ3n) is 4.31. The van der Waals surface area contributed by atoms with Crippen molar-refractivity contribution in [1.29, 1.82) is 0 Å². The molecule has 0 radical (unpaired) electrons. The Morgan fingerprint density at radius 3 is 2.77 bits per heavy atom. The van der Waals surface area contributed by atoms with Crippen molar-refractivity contribution >= 4 is 5.91 Å². The highest BCUT2D eigenvalue weighted by molar-refractivity contribution is 5.93. The Hall–Kier alpha value is -3.15. The van der Waals surface area contributed by atoms with Crippen LogP contribution in [0.25, 0.3) is 11.3 Å². The fourth-order valence-electron chi connectivity index (χ4n) is 2.56. The van der Waals surface area contributed by atoms with E-state index in [9.17, 15) is 4.79 Å². The molecular formula is C20H20N4O2. The van der Waals surface area contributed by atoms with Gasteiger partial charge in [0.2, 0.25) is 5.88 Å². The minimum atomic E-state index is -0.200. The number of nitrogens with one attached hydrogen (secondary N) is 2. The van der Waals surface area contributed by atoms with E-state index >= 15 is 0 Å². The van der Waals surface area contributed by atoms with Gasteiger partial charge in [0.25, 0.3) is 5.91 Å². The van der Waals surface area contributed by atoms with Crippen molar-refractivity contribution in [2.75, 3.05) is 6.61 Å². The van der Waals surface area contributed by atoms with E-state index in [0.717, 1.165) is 23.4 Å². The predicted octanol–water partition coefficient (Wildman–Crippen LogP) is 3.19. The average molecular weight is 348 g/mol. The molecule has 2 aromatic heterocycles. The number of aromatic amines is 1. The molecule has 4 rings (SSSR count). The number of carbonyl (C=O) groups is 1. The summed E-state index contributed by atoms with van der Waals surface area (Å²) in [6.07, 6.45) is 4.23. The van der Waals surface area contributed by atoms with Gasteiger partial charge < -0.3 is 10.1 Å². The summed E-state index contributed by atoms with van der Waals surface area (Å²) in [7, 11) is 0. The SMILES string of the molecule is O=C(NCc1ccc(OCC2CC2)nc1)c1cc(-c2ccccc2)n[nH]1. The number of amides is 1. The van der Waals surface area contributed by atoms with Gasteiger partial charge in [-0.15, -0.1) is 0 Å². The van der Waals surface area contributed by atoms with Crippen LogP contribution < -0.4 is 10.1 Å². The van der Waals surface area contributed by atoms with Gasteiger partial charge in [0, 0.05) is 24.4 Å². The lowest BCUT2D eigenvalue weighted by Crippen LogP contribution is -2.23. The number of pyridine rings is 1. The van der Waals surface area contributed by atoms with Gasteiger partial charge in [0.05, 0.1) is 12.3 Å². The Balaban J connectivity index is 1.31. The van der Waals surface area contributed by atoms with Crippen molar-refractivity contribution in [2.24, 2.45) is 5.92 Å². The summed E-state index contributed by atoms with van der Waals surface area (Å²) in [5, 5.41) is 9.85. The lowest BCUT2D eigenvalue weighted by molar-refractivity contribution is 0.0946. The van der Waals surface area contributed by atoms with Crippen LogP contribution >= 0.6 is 0 Å². The monoisotopic (exact) mass is 348 g/mol. The van der Waals surface area contributed by atoms with Crippen LogP contribution in [0.15, 0.2) is 54.7 Å². The van der Waals surface area contributed by atoms with Gasteiger partial charge in [-0.3, -0.25) is 9.89 Å². The van der Waals surface area contributed by atoms with Crippen LogP contribution in [-0.2, 0) is 6.54 Å². The molecule has 1 aliphatic rings. The Bertz CT molecular complexity index is 870. The largest absolute Gasteiger partial charge is 0.477 e. The Kier molecular flexibility index (Phi) is 4.64. The molecular weight excluding hydrogens is 328 g/mol. The number of nitrogens with zero attached hydrogens (tertiary/aromatic N) is 2. The van der Waals surface area contributed by atoms with Gasteiger partial charge in [0.15, 0.2) is 0 Å². The normalized spacial score (nSPS) is 13.4. The number of ether oxygens (including phenoxy) is 1. The van der Waals surface area contributed by atoms with Crippen molar-refractivity contribution in [3.05, 3.63) is 66.0 Å². The van der Waals surface area contributed by atoms with Gasteiger partial charge in [-0.1, -0.05) is 36.4 Å². The standard InChI is InChI=1S/C20H20N4O2/c25-20(18-10-17(23-24-18)16-4-2-1-3-5-16)22-12-15-8-9-19(21-11-15)26-13-14-6-7-14/h1-5,8-11,14H,6-7,12-13H2,(H,22,25)(H,23,24). The first kappa shape index (κ1) is 16.3. The van der Waals surface area contributed by atoms with Crippen LogP contribution in [0.4, 0.5) is 0 Å². The third-order valence-corrected chi connectivity index (χ3v) is 4.31. The van der Waals surface area contributed by atoms with Crippen molar-refractivity contribution in [3.63, 3.8) is 0 Å². The second-order valence-corrected chi connectivity index (χ2v) is 6.47. The molecule has 6 nitrogen and oxygen atoms in total. The molecule has 1 saturated carbocycles. The third kappa shape index (κ3) is 4.08. The molecule has 0 aliphatic heterocycles. The van der Waals surface area contributed by atoms with E-state index in [1.54, 1.807) is 12.3 Å². The summed E-state index contributed by atoms with van der Waals surface area (Å²) in [5.74, 6) is 1.13. The predicted molar refractivity (Wildman–Crippen MR) is 97.6 cm³/mol. The average Bonchev–Trinajstić information content (AvgIpc) is 3.39. The number of H-pyrrole nitrogens is 1. The lowest BCUT2D eigenvalue weighted by atomic mass is 10.1. The Morgan fingerprint density at radius 1 is 1.19 bits per heavy atom. The maximum Gasteiger partial charge on any atom is 0.269 e. The summed E-state index contributed by atoms with van der Waals surface area (Å²) in [5.41, 5.74) is 3.06. The molecule has 2 N–H and O–H groups in total. The number of aromatic nitrogens is 3. The van der Waals surface area contributed by atoms with E-state index in [-0.39, 0.29) is 5.91 Å². The van der Waals surface area contributed by atoms with Crippen molar-refractivity contribution in [3.8, 4) is 17.1 Å². The molecule has 0 atom stereocenters. The quantitative estimate of drug-likeness (QED) is 0.687. The van der Waals surface area contributed by atoms with Crippen molar-refractivity contribution < 1.29 is 9.53 Å². The zero-order chi connectivity index (χ0) is 17.8. The van der Waals surface area contributed by atoms with Gasteiger partial charge in [-0.25, -0.2) is 4.98 Å². The Labute approximate surface area is 151 Å². The van der Waals surface area contributed by atoms with Gasteiger partial charge >= 0.3 is 0 Å². The molecule has 0 saturated heterocycles. The molecule has 1 fully saturated rings. The highest BCUT2D eigenvalue weighted by atomic mass is 16.5. The topological polar surface area (TPSA) is 79.9 Å². The number of hydrogen-bond acceptors (Lipinski definition) is 4. The molecule has 0 unspecified atom stereocenters.